The van der Waals surface area contributed by atoms with Gasteiger partial charge >= 0.3 is 6.18 Å². The number of hydrogen-bond acceptors (Lipinski definition) is 7. The fraction of sp³-hybridized carbons (Fsp3) is 0.143. The van der Waals surface area contributed by atoms with Gasteiger partial charge in [0.15, 0.2) is 5.82 Å². The molecule has 0 aliphatic heterocycles. The van der Waals surface area contributed by atoms with E-state index in [4.69, 9.17) is 0 Å². The van der Waals surface area contributed by atoms with Crippen LogP contribution in [0, 0.1) is 0 Å². The van der Waals surface area contributed by atoms with Crippen molar-refractivity contribution in [1.29, 1.82) is 0 Å². The number of hydrogen-bond donors (Lipinski definition) is 1. The topological polar surface area (TPSA) is 72.7 Å². The van der Waals surface area contributed by atoms with Gasteiger partial charge in [-0.15, -0.1) is 22.7 Å². The second-order valence-corrected chi connectivity index (χ2v) is 8.77. The van der Waals surface area contributed by atoms with Crippen molar-refractivity contribution in [3.63, 3.8) is 0 Å². The van der Waals surface area contributed by atoms with Crippen LogP contribution in [0.25, 0.3) is 26.1 Å². The molecule has 1 N–H and O–H groups in total. The minimum absolute atomic E-state index is 0.277. The highest BCUT2D eigenvalue weighted by Crippen LogP contribution is 2.38. The molecule has 1 aromatic carbocycles. The number of pyridine rings is 1. The van der Waals surface area contributed by atoms with Crippen molar-refractivity contribution in [2.45, 2.75) is 19.1 Å². The Kier molecular flexibility index (Phi) is 4.94. The lowest BCUT2D eigenvalue weighted by Crippen LogP contribution is -2.26. The molecule has 0 bridgehead atoms. The minimum atomic E-state index is -4.62. The van der Waals surface area contributed by atoms with Gasteiger partial charge in [0.1, 0.15) is 16.7 Å². The van der Waals surface area contributed by atoms with Gasteiger partial charge in [0, 0.05) is 21.5 Å². The van der Waals surface area contributed by atoms with Gasteiger partial charge in [0.25, 0.3) is 5.56 Å². The molecular formula is C21H14F3N5OS2. The molecule has 32 heavy (non-hydrogen) atoms. The van der Waals surface area contributed by atoms with Crippen LogP contribution in [0.3, 0.4) is 0 Å². The molecule has 11 heteroatoms. The third kappa shape index (κ3) is 3.43. The first kappa shape index (κ1) is 20.6. The molecule has 0 saturated heterocycles. The maximum absolute atomic E-state index is 13.6. The largest absolute Gasteiger partial charge is 0.418 e. The standard InChI is InChI=1S/C21H14F3N5OS2/c1-11(28-18-17-19(26-9-25-18)32-10-27-17)14-7-15-16(13(8-31-15)21(22,23)24)20(30)29(14)12-5-3-2-4-6-12/h2-11H,1H3,(H,25,26,28). The summed E-state index contributed by atoms with van der Waals surface area (Å²) >= 11 is 2.27. The van der Waals surface area contributed by atoms with Crippen molar-refractivity contribution in [3.8, 4) is 5.69 Å². The maximum atomic E-state index is 13.6. The normalized spacial score (nSPS) is 13.0. The lowest BCUT2D eigenvalue weighted by molar-refractivity contribution is -0.136. The van der Waals surface area contributed by atoms with E-state index in [9.17, 15) is 18.0 Å². The number of thiophene rings is 1. The first-order chi connectivity index (χ1) is 15.3. The monoisotopic (exact) mass is 473 g/mol. The lowest BCUT2D eigenvalue weighted by atomic mass is 10.1. The second-order valence-electron chi connectivity index (χ2n) is 7.03. The summed E-state index contributed by atoms with van der Waals surface area (Å²) in [5, 5.41) is 3.91. The number of fused-ring (bicyclic) bond motifs is 2. The zero-order chi connectivity index (χ0) is 22.5. The number of aromatic nitrogens is 4. The van der Waals surface area contributed by atoms with E-state index >= 15 is 0 Å². The molecule has 0 aliphatic carbocycles. The van der Waals surface area contributed by atoms with Crippen LogP contribution in [-0.2, 0) is 6.18 Å². The molecule has 6 nitrogen and oxygen atoms in total. The summed E-state index contributed by atoms with van der Waals surface area (Å²) in [5.41, 5.74) is 1.60. The van der Waals surface area contributed by atoms with Crippen LogP contribution in [0.2, 0.25) is 0 Å². The molecule has 1 unspecified atom stereocenters. The zero-order valence-corrected chi connectivity index (χ0v) is 18.1. The van der Waals surface area contributed by atoms with E-state index in [0.29, 0.717) is 27.5 Å². The molecule has 1 atom stereocenters. The Morgan fingerprint density at radius 1 is 1.09 bits per heavy atom. The lowest BCUT2D eigenvalue weighted by Gasteiger charge is -2.21. The number of alkyl halides is 3. The number of thiazole rings is 1. The molecule has 0 saturated carbocycles. The second kappa shape index (κ2) is 7.68. The van der Waals surface area contributed by atoms with Crippen LogP contribution in [0.15, 0.2) is 58.4 Å². The Hall–Kier alpha value is -3.31. The van der Waals surface area contributed by atoms with Crippen LogP contribution in [0.5, 0.6) is 0 Å². The number of anilines is 1. The van der Waals surface area contributed by atoms with Crippen molar-refractivity contribution in [2.24, 2.45) is 0 Å². The fourth-order valence-corrected chi connectivity index (χ4v) is 5.20. The van der Waals surface area contributed by atoms with Gasteiger partial charge in [0.2, 0.25) is 0 Å². The number of benzene rings is 1. The summed E-state index contributed by atoms with van der Waals surface area (Å²) in [6.45, 7) is 1.82. The number of halogens is 3. The molecule has 5 aromatic rings. The average Bonchev–Trinajstić information content (AvgIpc) is 3.42. The van der Waals surface area contributed by atoms with Crippen molar-refractivity contribution in [1.82, 2.24) is 19.5 Å². The number of nitrogens with zero attached hydrogens (tertiary/aromatic N) is 4. The first-order valence-electron chi connectivity index (χ1n) is 9.45. The van der Waals surface area contributed by atoms with E-state index in [1.807, 2.05) is 6.92 Å². The number of rotatable bonds is 4. The maximum Gasteiger partial charge on any atom is 0.418 e. The van der Waals surface area contributed by atoms with Crippen molar-refractivity contribution < 1.29 is 13.2 Å². The van der Waals surface area contributed by atoms with Crippen molar-refractivity contribution in [2.75, 3.05) is 5.32 Å². The summed E-state index contributed by atoms with van der Waals surface area (Å²) < 4.78 is 42.3. The van der Waals surface area contributed by atoms with Gasteiger partial charge in [-0.3, -0.25) is 9.36 Å². The van der Waals surface area contributed by atoms with Crippen LogP contribution in [0.4, 0.5) is 19.0 Å². The Bertz CT molecular complexity index is 1490. The molecule has 4 aromatic heterocycles. The summed E-state index contributed by atoms with van der Waals surface area (Å²) in [7, 11) is 0. The van der Waals surface area contributed by atoms with E-state index in [2.05, 4.69) is 20.3 Å². The molecule has 162 valence electrons. The van der Waals surface area contributed by atoms with Gasteiger partial charge in [-0.1, -0.05) is 18.2 Å². The smallest absolute Gasteiger partial charge is 0.360 e. The van der Waals surface area contributed by atoms with E-state index in [1.165, 1.54) is 22.2 Å². The van der Waals surface area contributed by atoms with E-state index in [-0.39, 0.29) is 10.1 Å². The van der Waals surface area contributed by atoms with Gasteiger partial charge < -0.3 is 5.32 Å². The third-order valence-corrected chi connectivity index (χ3v) is 6.69. The summed E-state index contributed by atoms with van der Waals surface area (Å²) in [5.74, 6) is 0.484. The molecule has 0 radical (unpaired) electrons. The number of para-hydroxylation sites is 1. The van der Waals surface area contributed by atoms with E-state index < -0.39 is 23.3 Å². The highest BCUT2D eigenvalue weighted by molar-refractivity contribution is 7.17. The first-order valence-corrected chi connectivity index (χ1v) is 11.2. The molecule has 0 aliphatic rings. The van der Waals surface area contributed by atoms with Crippen LogP contribution in [0.1, 0.15) is 24.2 Å². The molecule has 5 rings (SSSR count). The Morgan fingerprint density at radius 3 is 2.62 bits per heavy atom. The predicted octanol–water partition coefficient (Wildman–Crippen LogP) is 5.64. The summed E-state index contributed by atoms with van der Waals surface area (Å²) in [6, 6.07) is 9.77. The molecule has 4 heterocycles. The quantitative estimate of drug-likeness (QED) is 0.366. The number of nitrogens with one attached hydrogen (secondary N) is 1. The van der Waals surface area contributed by atoms with Crippen molar-refractivity contribution >= 4 is 48.9 Å². The highest BCUT2D eigenvalue weighted by atomic mass is 32.1. The molecule has 0 spiro atoms. The molecule has 0 fully saturated rings. The third-order valence-electron chi connectivity index (χ3n) is 5.03. The zero-order valence-electron chi connectivity index (χ0n) is 16.4. The van der Waals surface area contributed by atoms with Crippen LogP contribution in [-0.4, -0.2) is 19.5 Å². The summed E-state index contributed by atoms with van der Waals surface area (Å²) in [6.07, 6.45) is -3.20. The molecular weight excluding hydrogens is 459 g/mol. The average molecular weight is 474 g/mol. The fourth-order valence-electron chi connectivity index (χ4n) is 3.58. The van der Waals surface area contributed by atoms with Crippen LogP contribution < -0.4 is 10.9 Å². The Labute approximate surface area is 187 Å². The SMILES string of the molecule is CC(Nc1ncnc2scnc12)c1cc2scc(C(F)(F)F)c2c(=O)n1-c1ccccc1. The van der Waals surface area contributed by atoms with Gasteiger partial charge in [-0.25, -0.2) is 15.0 Å². The van der Waals surface area contributed by atoms with Gasteiger partial charge in [-0.05, 0) is 25.1 Å². The molecule has 0 amide bonds. The minimum Gasteiger partial charge on any atom is -0.360 e. The van der Waals surface area contributed by atoms with Crippen LogP contribution >= 0.6 is 22.7 Å². The van der Waals surface area contributed by atoms with E-state index in [0.717, 1.165) is 16.7 Å². The predicted molar refractivity (Wildman–Crippen MR) is 120 cm³/mol. The Balaban J connectivity index is 1.71. The van der Waals surface area contributed by atoms with Gasteiger partial charge in [-0.2, -0.15) is 13.2 Å². The summed E-state index contributed by atoms with van der Waals surface area (Å²) in [4.78, 5) is 26.8. The highest BCUT2D eigenvalue weighted by Gasteiger charge is 2.35. The van der Waals surface area contributed by atoms with Gasteiger partial charge in [0.05, 0.1) is 22.5 Å². The Morgan fingerprint density at radius 2 is 1.88 bits per heavy atom. The van der Waals surface area contributed by atoms with E-state index in [1.54, 1.807) is 41.9 Å². The van der Waals surface area contributed by atoms with Crippen molar-refractivity contribution in [3.05, 3.63) is 75.2 Å².